The van der Waals surface area contributed by atoms with E-state index >= 15 is 0 Å². The van der Waals surface area contributed by atoms with E-state index in [-0.39, 0.29) is 5.91 Å². The molecule has 1 saturated heterocycles. The number of amides is 1. The molecule has 0 bridgehead atoms. The van der Waals surface area contributed by atoms with Crippen LogP contribution in [0.3, 0.4) is 0 Å². The molecular formula is C21H21N3O3S. The lowest BCUT2D eigenvalue weighted by molar-refractivity contribution is 0.0745. The zero-order chi connectivity index (χ0) is 19.1. The first-order valence-corrected chi connectivity index (χ1v) is 10.3. The first-order chi connectivity index (χ1) is 13.7. The highest BCUT2D eigenvalue weighted by Gasteiger charge is 2.25. The van der Waals surface area contributed by atoms with Crippen LogP contribution in [0, 0.1) is 6.92 Å². The van der Waals surface area contributed by atoms with E-state index in [2.05, 4.69) is 30.0 Å². The number of nitrogens with zero attached hydrogens (tertiary/aromatic N) is 3. The van der Waals surface area contributed by atoms with E-state index in [9.17, 15) is 4.79 Å². The molecule has 0 unspecified atom stereocenters. The Morgan fingerprint density at radius 3 is 2.61 bits per heavy atom. The monoisotopic (exact) mass is 395 g/mol. The Labute approximate surface area is 167 Å². The number of anilines is 1. The van der Waals surface area contributed by atoms with Gasteiger partial charge in [-0.2, -0.15) is 0 Å². The normalized spacial score (nSPS) is 16.5. The summed E-state index contributed by atoms with van der Waals surface area (Å²) in [6.07, 6.45) is 0. The van der Waals surface area contributed by atoms with Gasteiger partial charge in [0, 0.05) is 31.7 Å². The van der Waals surface area contributed by atoms with Crippen LogP contribution in [-0.4, -0.2) is 55.2 Å². The molecule has 0 spiro atoms. The van der Waals surface area contributed by atoms with Crippen molar-refractivity contribution in [3.8, 4) is 11.5 Å². The van der Waals surface area contributed by atoms with Crippen molar-refractivity contribution < 1.29 is 14.3 Å². The number of aromatic nitrogens is 1. The molecule has 3 aromatic rings. The number of benzene rings is 2. The molecule has 28 heavy (non-hydrogen) atoms. The third-order valence-electron chi connectivity index (χ3n) is 5.24. The van der Waals surface area contributed by atoms with Gasteiger partial charge in [0.15, 0.2) is 16.6 Å². The molecule has 0 N–H and O–H groups in total. The molecule has 1 fully saturated rings. The molecule has 2 aromatic carbocycles. The van der Waals surface area contributed by atoms with E-state index in [0.717, 1.165) is 23.7 Å². The molecule has 3 heterocycles. The Bertz CT molecular complexity index is 1040. The van der Waals surface area contributed by atoms with E-state index in [1.807, 2.05) is 17.0 Å². The summed E-state index contributed by atoms with van der Waals surface area (Å²) in [5.41, 5.74) is 2.93. The molecule has 144 valence electrons. The second kappa shape index (κ2) is 6.98. The SMILES string of the molecule is Cc1cccc2sc(N3CCN(C(=O)c4ccc5c(c4)OCCO5)CC3)nc12. The first-order valence-electron chi connectivity index (χ1n) is 9.49. The number of carbonyl (C=O) groups is 1. The van der Waals surface area contributed by atoms with Gasteiger partial charge < -0.3 is 19.3 Å². The summed E-state index contributed by atoms with van der Waals surface area (Å²) < 4.78 is 12.4. The van der Waals surface area contributed by atoms with E-state index in [1.54, 1.807) is 17.4 Å². The van der Waals surface area contributed by atoms with Gasteiger partial charge in [0.05, 0.1) is 10.2 Å². The maximum atomic E-state index is 12.9. The van der Waals surface area contributed by atoms with Crippen LogP contribution < -0.4 is 14.4 Å². The summed E-state index contributed by atoms with van der Waals surface area (Å²) in [4.78, 5) is 21.9. The van der Waals surface area contributed by atoms with E-state index < -0.39 is 0 Å². The van der Waals surface area contributed by atoms with Gasteiger partial charge in [0.2, 0.25) is 0 Å². The summed E-state index contributed by atoms with van der Waals surface area (Å²) in [5, 5.41) is 1.04. The lowest BCUT2D eigenvalue weighted by Gasteiger charge is -2.34. The number of fused-ring (bicyclic) bond motifs is 2. The number of hydrogen-bond acceptors (Lipinski definition) is 6. The number of hydrogen-bond donors (Lipinski definition) is 0. The Hall–Kier alpha value is -2.80. The fourth-order valence-corrected chi connectivity index (χ4v) is 4.76. The maximum absolute atomic E-state index is 12.9. The third-order valence-corrected chi connectivity index (χ3v) is 6.32. The summed E-state index contributed by atoms with van der Waals surface area (Å²) in [6.45, 7) is 6.10. The number of para-hydroxylation sites is 1. The highest BCUT2D eigenvalue weighted by Crippen LogP contribution is 2.32. The molecule has 2 aliphatic heterocycles. The summed E-state index contributed by atoms with van der Waals surface area (Å²) >= 11 is 1.72. The Kier molecular flexibility index (Phi) is 4.31. The lowest BCUT2D eigenvalue weighted by Crippen LogP contribution is -2.48. The van der Waals surface area contributed by atoms with Crippen LogP contribution in [0.2, 0.25) is 0 Å². The minimum atomic E-state index is 0.0387. The molecule has 0 saturated carbocycles. The lowest BCUT2D eigenvalue weighted by atomic mass is 10.1. The molecule has 1 amide bonds. The average molecular weight is 395 g/mol. The second-order valence-corrected chi connectivity index (χ2v) is 8.06. The number of piperazine rings is 1. The van der Waals surface area contributed by atoms with Gasteiger partial charge in [-0.15, -0.1) is 0 Å². The van der Waals surface area contributed by atoms with Gasteiger partial charge in [-0.05, 0) is 36.8 Å². The standard InChI is InChI=1S/C21H21N3O3S/c1-14-3-2-4-18-19(14)22-21(28-18)24-9-7-23(8-10-24)20(25)15-5-6-16-17(13-15)27-12-11-26-16/h2-6,13H,7-12H2,1H3. The van der Waals surface area contributed by atoms with Crippen LogP contribution in [0.1, 0.15) is 15.9 Å². The molecule has 5 rings (SSSR count). The van der Waals surface area contributed by atoms with Crippen molar-refractivity contribution in [1.29, 1.82) is 0 Å². The van der Waals surface area contributed by atoms with Crippen LogP contribution in [0.4, 0.5) is 5.13 Å². The number of aryl methyl sites for hydroxylation is 1. The first kappa shape index (κ1) is 17.3. The molecular weight excluding hydrogens is 374 g/mol. The molecule has 0 aliphatic carbocycles. The summed E-state index contributed by atoms with van der Waals surface area (Å²) in [7, 11) is 0. The third kappa shape index (κ3) is 3.05. The van der Waals surface area contributed by atoms with Gasteiger partial charge in [-0.1, -0.05) is 23.5 Å². The zero-order valence-corrected chi connectivity index (χ0v) is 16.5. The van der Waals surface area contributed by atoms with Crippen molar-refractivity contribution in [3.05, 3.63) is 47.5 Å². The van der Waals surface area contributed by atoms with Crippen LogP contribution in [0.5, 0.6) is 11.5 Å². The van der Waals surface area contributed by atoms with Crippen LogP contribution in [0.25, 0.3) is 10.2 Å². The highest BCUT2D eigenvalue weighted by molar-refractivity contribution is 7.22. The van der Waals surface area contributed by atoms with Gasteiger partial charge >= 0.3 is 0 Å². The number of ether oxygens (including phenoxy) is 2. The number of carbonyl (C=O) groups excluding carboxylic acids is 1. The molecule has 7 heteroatoms. The predicted molar refractivity (Wildman–Crippen MR) is 110 cm³/mol. The molecule has 0 radical (unpaired) electrons. The zero-order valence-electron chi connectivity index (χ0n) is 15.7. The topological polar surface area (TPSA) is 54.9 Å². The fourth-order valence-electron chi connectivity index (χ4n) is 3.67. The molecule has 1 aromatic heterocycles. The van der Waals surface area contributed by atoms with Crippen molar-refractivity contribution in [1.82, 2.24) is 9.88 Å². The van der Waals surface area contributed by atoms with Crippen LogP contribution in [-0.2, 0) is 0 Å². The maximum Gasteiger partial charge on any atom is 0.254 e. The molecule has 0 atom stereocenters. The van der Waals surface area contributed by atoms with Crippen molar-refractivity contribution >= 4 is 32.6 Å². The molecule has 6 nitrogen and oxygen atoms in total. The van der Waals surface area contributed by atoms with E-state index in [4.69, 9.17) is 14.5 Å². The van der Waals surface area contributed by atoms with Gasteiger partial charge in [0.1, 0.15) is 13.2 Å². The summed E-state index contributed by atoms with van der Waals surface area (Å²) in [5.74, 6) is 1.40. The number of rotatable bonds is 2. The van der Waals surface area contributed by atoms with Gasteiger partial charge in [-0.25, -0.2) is 4.98 Å². The Balaban J connectivity index is 1.28. The smallest absolute Gasteiger partial charge is 0.254 e. The quantitative estimate of drug-likeness (QED) is 0.666. The average Bonchev–Trinajstić information content (AvgIpc) is 3.19. The van der Waals surface area contributed by atoms with Crippen LogP contribution in [0.15, 0.2) is 36.4 Å². The van der Waals surface area contributed by atoms with E-state index in [0.29, 0.717) is 43.4 Å². The second-order valence-electron chi connectivity index (χ2n) is 7.06. The largest absolute Gasteiger partial charge is 0.486 e. The fraction of sp³-hybridized carbons (Fsp3) is 0.333. The van der Waals surface area contributed by atoms with Gasteiger partial charge in [-0.3, -0.25) is 4.79 Å². The number of thiazole rings is 1. The van der Waals surface area contributed by atoms with Crippen molar-refractivity contribution in [2.75, 3.05) is 44.3 Å². The Morgan fingerprint density at radius 1 is 1.04 bits per heavy atom. The van der Waals surface area contributed by atoms with Crippen molar-refractivity contribution in [2.45, 2.75) is 6.92 Å². The van der Waals surface area contributed by atoms with E-state index in [1.165, 1.54) is 10.3 Å². The van der Waals surface area contributed by atoms with Crippen molar-refractivity contribution in [2.24, 2.45) is 0 Å². The molecule has 2 aliphatic rings. The minimum absolute atomic E-state index is 0.0387. The minimum Gasteiger partial charge on any atom is -0.486 e. The van der Waals surface area contributed by atoms with Crippen LogP contribution >= 0.6 is 11.3 Å². The van der Waals surface area contributed by atoms with Gasteiger partial charge in [0.25, 0.3) is 5.91 Å². The Morgan fingerprint density at radius 2 is 1.82 bits per heavy atom. The summed E-state index contributed by atoms with van der Waals surface area (Å²) in [6, 6.07) is 11.7. The highest BCUT2D eigenvalue weighted by atomic mass is 32.1. The van der Waals surface area contributed by atoms with Crippen molar-refractivity contribution in [3.63, 3.8) is 0 Å². The predicted octanol–water partition coefficient (Wildman–Crippen LogP) is 3.34.